The second-order valence-corrected chi connectivity index (χ2v) is 6.55. The van der Waals surface area contributed by atoms with Gasteiger partial charge < -0.3 is 14.8 Å². The van der Waals surface area contributed by atoms with Crippen molar-refractivity contribution in [1.82, 2.24) is 25.3 Å². The second kappa shape index (κ2) is 8.89. The number of nitrogens with one attached hydrogen (secondary N) is 1. The summed E-state index contributed by atoms with van der Waals surface area (Å²) in [6, 6.07) is 9.95. The molecule has 150 valence electrons. The maximum Gasteiger partial charge on any atom is 0.274 e. The van der Waals surface area contributed by atoms with E-state index >= 15 is 0 Å². The topological polar surface area (TPSA) is 91.2 Å². The summed E-state index contributed by atoms with van der Waals surface area (Å²) in [5, 5.41) is 11.0. The Morgan fingerprint density at radius 3 is 2.79 bits per heavy atom. The van der Waals surface area contributed by atoms with Crippen LogP contribution in [-0.2, 0) is 16.0 Å². The maximum absolute atomic E-state index is 14.1. The lowest BCUT2D eigenvalue weighted by molar-refractivity contribution is -0.0855. The fourth-order valence-corrected chi connectivity index (χ4v) is 3.10. The Hall–Kier alpha value is -3.17. The van der Waals surface area contributed by atoms with E-state index in [-0.39, 0.29) is 30.1 Å². The summed E-state index contributed by atoms with van der Waals surface area (Å²) in [4.78, 5) is 16.8. The largest absolute Gasteiger partial charge is 0.376 e. The fraction of sp³-hybridized carbons (Fsp3) is 0.300. The van der Waals surface area contributed by atoms with E-state index in [0.29, 0.717) is 43.2 Å². The van der Waals surface area contributed by atoms with Crippen molar-refractivity contribution in [3.63, 3.8) is 0 Å². The minimum Gasteiger partial charge on any atom is -0.376 e. The van der Waals surface area contributed by atoms with Crippen LogP contribution in [0.1, 0.15) is 16.1 Å². The quantitative estimate of drug-likeness (QED) is 0.681. The molecule has 1 unspecified atom stereocenters. The van der Waals surface area contributed by atoms with Crippen LogP contribution in [0, 0.1) is 5.82 Å². The van der Waals surface area contributed by atoms with Crippen LogP contribution in [0.3, 0.4) is 0 Å². The van der Waals surface area contributed by atoms with Gasteiger partial charge in [0, 0.05) is 30.1 Å². The highest BCUT2D eigenvalue weighted by Gasteiger charge is 2.23. The molecule has 1 aliphatic heterocycles. The average molecular weight is 397 g/mol. The number of carbonyl (C=O) groups is 1. The van der Waals surface area contributed by atoms with Gasteiger partial charge in [0.25, 0.3) is 5.91 Å². The smallest absolute Gasteiger partial charge is 0.274 e. The number of aromatic nitrogens is 4. The van der Waals surface area contributed by atoms with Crippen LogP contribution >= 0.6 is 0 Å². The molecular weight excluding hydrogens is 377 g/mol. The molecule has 1 fully saturated rings. The Morgan fingerprint density at radius 1 is 1.21 bits per heavy atom. The third-order valence-electron chi connectivity index (χ3n) is 4.56. The summed E-state index contributed by atoms with van der Waals surface area (Å²) in [7, 11) is 0. The number of ether oxygens (including phenoxy) is 2. The molecule has 29 heavy (non-hydrogen) atoms. The first kappa shape index (κ1) is 19.2. The van der Waals surface area contributed by atoms with Crippen molar-refractivity contribution in [1.29, 1.82) is 0 Å². The summed E-state index contributed by atoms with van der Waals surface area (Å²) in [6.07, 6.45) is 3.03. The molecule has 8 nitrogen and oxygen atoms in total. The van der Waals surface area contributed by atoms with Gasteiger partial charge in [0.1, 0.15) is 11.5 Å². The van der Waals surface area contributed by atoms with Crippen LogP contribution in [0.25, 0.3) is 11.3 Å². The standard InChI is InChI=1S/C20H20FN5O3/c21-17-4-2-1-3-15(17)12-26-19(14-5-7-22-8-6-14)18(24-25-26)20(27)23-11-16-13-28-9-10-29-16/h1-8,16H,9-13H2,(H,23,27). The van der Waals surface area contributed by atoms with Gasteiger partial charge in [-0.25, -0.2) is 9.07 Å². The van der Waals surface area contributed by atoms with Gasteiger partial charge in [-0.05, 0) is 18.2 Å². The molecule has 0 saturated carbocycles. The van der Waals surface area contributed by atoms with Crippen LogP contribution in [0.5, 0.6) is 0 Å². The first-order valence-electron chi connectivity index (χ1n) is 9.27. The zero-order valence-corrected chi connectivity index (χ0v) is 15.6. The van der Waals surface area contributed by atoms with E-state index < -0.39 is 0 Å². The molecule has 0 radical (unpaired) electrons. The normalized spacial score (nSPS) is 16.5. The second-order valence-electron chi connectivity index (χ2n) is 6.55. The Morgan fingerprint density at radius 2 is 2.03 bits per heavy atom. The predicted molar refractivity (Wildman–Crippen MR) is 102 cm³/mol. The lowest BCUT2D eigenvalue weighted by Gasteiger charge is -2.22. The van der Waals surface area contributed by atoms with E-state index in [9.17, 15) is 9.18 Å². The molecule has 1 aliphatic rings. The van der Waals surface area contributed by atoms with Crippen molar-refractivity contribution >= 4 is 5.91 Å². The summed E-state index contributed by atoms with van der Waals surface area (Å²) in [5.74, 6) is -0.727. The Balaban J connectivity index is 1.60. The number of rotatable bonds is 6. The lowest BCUT2D eigenvalue weighted by atomic mass is 10.1. The molecule has 1 atom stereocenters. The Kier molecular flexibility index (Phi) is 5.87. The average Bonchev–Trinajstić information content (AvgIpc) is 3.19. The number of halogens is 1. The van der Waals surface area contributed by atoms with Crippen LogP contribution in [0.2, 0.25) is 0 Å². The number of pyridine rings is 1. The van der Waals surface area contributed by atoms with Gasteiger partial charge in [-0.1, -0.05) is 23.4 Å². The molecule has 1 saturated heterocycles. The maximum atomic E-state index is 14.1. The lowest BCUT2D eigenvalue weighted by Crippen LogP contribution is -2.40. The number of nitrogens with zero attached hydrogens (tertiary/aromatic N) is 4. The molecule has 0 spiro atoms. The molecule has 4 rings (SSSR count). The van der Waals surface area contributed by atoms with E-state index in [1.807, 2.05) is 0 Å². The van der Waals surface area contributed by atoms with Crippen molar-refractivity contribution in [3.8, 4) is 11.3 Å². The van der Waals surface area contributed by atoms with E-state index in [1.54, 1.807) is 42.7 Å². The third kappa shape index (κ3) is 4.47. The zero-order valence-electron chi connectivity index (χ0n) is 15.6. The third-order valence-corrected chi connectivity index (χ3v) is 4.56. The molecule has 1 aromatic carbocycles. The minimum atomic E-state index is -0.384. The number of hydrogen-bond acceptors (Lipinski definition) is 6. The molecular formula is C20H20FN5O3. The van der Waals surface area contributed by atoms with Crippen LogP contribution in [0.4, 0.5) is 4.39 Å². The Bertz CT molecular complexity index is 973. The molecule has 0 aliphatic carbocycles. The highest BCUT2D eigenvalue weighted by Crippen LogP contribution is 2.23. The number of amides is 1. The van der Waals surface area contributed by atoms with Crippen molar-refractivity contribution in [3.05, 3.63) is 65.9 Å². The van der Waals surface area contributed by atoms with Crippen molar-refractivity contribution in [2.24, 2.45) is 0 Å². The van der Waals surface area contributed by atoms with E-state index in [0.717, 1.165) is 0 Å². The summed E-state index contributed by atoms with van der Waals surface area (Å²) < 4.78 is 26.5. The number of benzene rings is 1. The summed E-state index contributed by atoms with van der Waals surface area (Å²) in [6.45, 7) is 1.93. The van der Waals surface area contributed by atoms with Gasteiger partial charge in [-0.3, -0.25) is 9.78 Å². The molecule has 3 heterocycles. The molecule has 3 aromatic rings. The molecule has 1 N–H and O–H groups in total. The predicted octanol–water partition coefficient (Wildman–Crippen LogP) is 1.67. The van der Waals surface area contributed by atoms with Crippen molar-refractivity contribution in [2.45, 2.75) is 12.6 Å². The molecule has 2 aromatic heterocycles. The van der Waals surface area contributed by atoms with Crippen molar-refractivity contribution in [2.75, 3.05) is 26.4 Å². The van der Waals surface area contributed by atoms with Crippen LogP contribution < -0.4 is 5.32 Å². The highest BCUT2D eigenvalue weighted by atomic mass is 19.1. The van der Waals surface area contributed by atoms with E-state index in [2.05, 4.69) is 20.6 Å². The van der Waals surface area contributed by atoms with Crippen molar-refractivity contribution < 1.29 is 18.7 Å². The SMILES string of the molecule is O=C(NCC1COCCO1)c1nnn(Cc2ccccc2F)c1-c1ccncc1. The molecule has 0 bridgehead atoms. The van der Waals surface area contributed by atoms with Gasteiger partial charge in [0.05, 0.1) is 32.5 Å². The van der Waals surface area contributed by atoms with E-state index in [1.165, 1.54) is 10.7 Å². The molecule has 1 amide bonds. The zero-order chi connectivity index (χ0) is 20.1. The monoisotopic (exact) mass is 397 g/mol. The van der Waals surface area contributed by atoms with Gasteiger partial charge in [-0.2, -0.15) is 0 Å². The van der Waals surface area contributed by atoms with Gasteiger partial charge in [0.2, 0.25) is 0 Å². The first-order valence-corrected chi connectivity index (χ1v) is 9.27. The Labute approximate surface area is 166 Å². The van der Waals surface area contributed by atoms with Gasteiger partial charge >= 0.3 is 0 Å². The summed E-state index contributed by atoms with van der Waals surface area (Å²) in [5.41, 5.74) is 1.81. The fourth-order valence-electron chi connectivity index (χ4n) is 3.10. The number of hydrogen-bond donors (Lipinski definition) is 1. The van der Waals surface area contributed by atoms with Gasteiger partial charge in [0.15, 0.2) is 5.69 Å². The summed E-state index contributed by atoms with van der Waals surface area (Å²) >= 11 is 0. The van der Waals surface area contributed by atoms with Crippen LogP contribution in [0.15, 0.2) is 48.8 Å². The van der Waals surface area contributed by atoms with E-state index in [4.69, 9.17) is 9.47 Å². The van der Waals surface area contributed by atoms with Gasteiger partial charge in [-0.15, -0.1) is 5.10 Å². The number of carbonyl (C=O) groups excluding carboxylic acids is 1. The van der Waals surface area contributed by atoms with Crippen LogP contribution in [-0.4, -0.2) is 58.4 Å². The molecule has 9 heteroatoms. The minimum absolute atomic E-state index is 0.143. The highest BCUT2D eigenvalue weighted by molar-refractivity contribution is 5.98. The first-order chi connectivity index (χ1) is 14.2.